The van der Waals surface area contributed by atoms with E-state index in [1.54, 1.807) is 5.06 Å². The molecule has 2 amide bonds. The third-order valence-electron chi connectivity index (χ3n) is 5.93. The van der Waals surface area contributed by atoms with Crippen molar-refractivity contribution in [1.82, 2.24) is 0 Å². The molecule has 2 aliphatic heterocycles. The third-order valence-corrected chi connectivity index (χ3v) is 5.93. The molecule has 0 aliphatic carbocycles. The number of fused-ring (bicyclic) bond motifs is 1. The highest BCUT2D eigenvalue weighted by molar-refractivity contribution is 6.23. The van der Waals surface area contributed by atoms with Crippen LogP contribution in [0.25, 0.3) is 0 Å². The SMILES string of the molecule is Cc1ccc(N2C(=O)[C@@H]3[C@H](ON(c4ccccc4)[C@H]3c3ccccc3C)C2=O)cc1. The Morgan fingerprint density at radius 2 is 1.40 bits per heavy atom. The summed E-state index contributed by atoms with van der Waals surface area (Å²) in [5, 5.41) is 1.74. The second kappa shape index (κ2) is 7.11. The highest BCUT2D eigenvalue weighted by Crippen LogP contribution is 2.48. The lowest BCUT2D eigenvalue weighted by Crippen LogP contribution is -2.37. The minimum Gasteiger partial charge on any atom is -0.273 e. The predicted octanol–water partition coefficient (Wildman–Crippen LogP) is 4.35. The first-order valence-corrected chi connectivity index (χ1v) is 10.1. The fourth-order valence-corrected chi connectivity index (χ4v) is 4.40. The van der Waals surface area contributed by atoms with Crippen molar-refractivity contribution in [2.45, 2.75) is 26.0 Å². The van der Waals surface area contributed by atoms with Crippen LogP contribution in [0.5, 0.6) is 0 Å². The molecule has 30 heavy (non-hydrogen) atoms. The maximum atomic E-state index is 13.6. The molecule has 0 aromatic heterocycles. The number of benzene rings is 3. The number of para-hydroxylation sites is 1. The van der Waals surface area contributed by atoms with Crippen molar-refractivity contribution in [3.8, 4) is 0 Å². The summed E-state index contributed by atoms with van der Waals surface area (Å²) in [4.78, 5) is 34.3. The summed E-state index contributed by atoms with van der Waals surface area (Å²) in [5.41, 5.74) is 4.52. The maximum absolute atomic E-state index is 13.6. The molecule has 0 bridgehead atoms. The quantitative estimate of drug-likeness (QED) is 0.616. The van der Waals surface area contributed by atoms with Gasteiger partial charge in [0.1, 0.15) is 5.92 Å². The van der Waals surface area contributed by atoms with Crippen LogP contribution < -0.4 is 9.96 Å². The smallest absolute Gasteiger partial charge is 0.266 e. The second-order valence-electron chi connectivity index (χ2n) is 7.86. The Kier molecular flexibility index (Phi) is 4.40. The fraction of sp³-hybridized carbons (Fsp3) is 0.200. The lowest BCUT2D eigenvalue weighted by Gasteiger charge is -2.29. The van der Waals surface area contributed by atoms with Gasteiger partial charge in [0.2, 0.25) is 5.91 Å². The van der Waals surface area contributed by atoms with Crippen molar-refractivity contribution in [3.05, 3.63) is 95.6 Å². The summed E-state index contributed by atoms with van der Waals surface area (Å²) in [6.07, 6.45) is -0.844. The first-order valence-electron chi connectivity index (χ1n) is 10.1. The summed E-state index contributed by atoms with van der Waals surface area (Å²) >= 11 is 0. The Labute approximate surface area is 175 Å². The molecular weight excluding hydrogens is 376 g/mol. The molecule has 2 fully saturated rings. The molecule has 0 N–H and O–H groups in total. The summed E-state index contributed by atoms with van der Waals surface area (Å²) in [6, 6.07) is 24.6. The lowest BCUT2D eigenvalue weighted by atomic mass is 9.88. The van der Waals surface area contributed by atoms with Gasteiger partial charge < -0.3 is 0 Å². The van der Waals surface area contributed by atoms with Crippen molar-refractivity contribution >= 4 is 23.2 Å². The molecule has 0 spiro atoms. The zero-order valence-corrected chi connectivity index (χ0v) is 16.9. The molecule has 5 heteroatoms. The molecule has 3 atom stereocenters. The summed E-state index contributed by atoms with van der Waals surface area (Å²) < 4.78 is 0. The number of amides is 2. The topological polar surface area (TPSA) is 49.9 Å². The first-order chi connectivity index (χ1) is 14.6. The standard InChI is InChI=1S/C25H22N2O3/c1-16-12-14-18(15-13-16)26-24(28)21-22(20-11-7-6-8-17(20)2)27(30-23(21)25(26)29)19-9-4-3-5-10-19/h3-15,21-23H,1-2H3/t21-,22-,23-/m0/s1. The summed E-state index contributed by atoms with van der Waals surface area (Å²) in [6.45, 7) is 3.99. The van der Waals surface area contributed by atoms with Gasteiger partial charge in [-0.15, -0.1) is 0 Å². The van der Waals surface area contributed by atoms with Crippen LogP contribution in [0.3, 0.4) is 0 Å². The number of nitrogens with zero attached hydrogens (tertiary/aromatic N) is 2. The third kappa shape index (κ3) is 2.82. The van der Waals surface area contributed by atoms with Crippen molar-refractivity contribution in [2.75, 3.05) is 9.96 Å². The molecule has 0 unspecified atom stereocenters. The van der Waals surface area contributed by atoms with E-state index in [0.29, 0.717) is 5.69 Å². The molecule has 2 heterocycles. The molecule has 0 saturated carbocycles. The molecule has 150 valence electrons. The van der Waals surface area contributed by atoms with Gasteiger partial charge in [-0.05, 0) is 49.2 Å². The van der Waals surface area contributed by atoms with Gasteiger partial charge in [-0.2, -0.15) is 0 Å². The molecule has 3 aromatic carbocycles. The van der Waals surface area contributed by atoms with E-state index in [1.807, 2.05) is 92.7 Å². The van der Waals surface area contributed by atoms with Gasteiger partial charge in [-0.25, -0.2) is 9.96 Å². The fourth-order valence-electron chi connectivity index (χ4n) is 4.40. The van der Waals surface area contributed by atoms with Crippen LogP contribution in [0.1, 0.15) is 22.7 Å². The Hall–Kier alpha value is -3.44. The predicted molar refractivity (Wildman–Crippen MR) is 115 cm³/mol. The van der Waals surface area contributed by atoms with Crippen molar-refractivity contribution in [3.63, 3.8) is 0 Å². The van der Waals surface area contributed by atoms with Crippen molar-refractivity contribution in [2.24, 2.45) is 5.92 Å². The average Bonchev–Trinajstić information content (AvgIpc) is 3.26. The number of aryl methyl sites for hydroxylation is 2. The van der Waals surface area contributed by atoms with Gasteiger partial charge in [0.15, 0.2) is 6.10 Å². The molecule has 2 saturated heterocycles. The average molecular weight is 398 g/mol. The summed E-state index contributed by atoms with van der Waals surface area (Å²) in [7, 11) is 0. The van der Waals surface area contributed by atoms with Gasteiger partial charge >= 0.3 is 0 Å². The minimum absolute atomic E-state index is 0.222. The number of hydroxylamine groups is 1. The molecule has 5 rings (SSSR count). The van der Waals surface area contributed by atoms with Crippen LogP contribution in [0, 0.1) is 19.8 Å². The van der Waals surface area contributed by atoms with Gasteiger partial charge in [0, 0.05) is 0 Å². The highest BCUT2D eigenvalue weighted by Gasteiger charge is 2.60. The number of anilines is 2. The van der Waals surface area contributed by atoms with Gasteiger partial charge in [-0.1, -0.05) is 60.2 Å². The largest absolute Gasteiger partial charge is 0.273 e. The zero-order chi connectivity index (χ0) is 20.8. The van der Waals surface area contributed by atoms with Crippen LogP contribution in [0.4, 0.5) is 11.4 Å². The number of carbonyl (C=O) groups is 2. The number of rotatable bonds is 3. The van der Waals surface area contributed by atoms with Crippen LogP contribution in [0.15, 0.2) is 78.9 Å². The van der Waals surface area contributed by atoms with Gasteiger partial charge in [0.05, 0.1) is 17.4 Å². The number of imide groups is 1. The first kappa shape index (κ1) is 18.6. The van der Waals surface area contributed by atoms with E-state index >= 15 is 0 Å². The number of hydrogen-bond donors (Lipinski definition) is 0. The molecule has 2 aliphatic rings. The highest BCUT2D eigenvalue weighted by atomic mass is 16.7. The van der Waals surface area contributed by atoms with E-state index in [9.17, 15) is 9.59 Å². The van der Waals surface area contributed by atoms with E-state index in [0.717, 1.165) is 22.4 Å². The Balaban J connectivity index is 1.60. The Morgan fingerprint density at radius 1 is 0.733 bits per heavy atom. The Bertz CT molecular complexity index is 1110. The van der Waals surface area contributed by atoms with Crippen molar-refractivity contribution in [1.29, 1.82) is 0 Å². The van der Waals surface area contributed by atoms with E-state index in [1.165, 1.54) is 4.90 Å². The minimum atomic E-state index is -0.844. The van der Waals surface area contributed by atoms with Crippen molar-refractivity contribution < 1.29 is 14.4 Å². The molecular formula is C25H22N2O3. The maximum Gasteiger partial charge on any atom is 0.266 e. The normalized spacial score (nSPS) is 23.2. The number of carbonyl (C=O) groups excluding carboxylic acids is 2. The van der Waals surface area contributed by atoms with E-state index < -0.39 is 12.0 Å². The number of hydrogen-bond acceptors (Lipinski definition) is 4. The Morgan fingerprint density at radius 3 is 2.10 bits per heavy atom. The van der Waals surface area contributed by atoms with E-state index in [-0.39, 0.29) is 17.9 Å². The molecule has 5 nitrogen and oxygen atoms in total. The molecule has 0 radical (unpaired) electrons. The van der Waals surface area contributed by atoms with E-state index in [4.69, 9.17) is 4.84 Å². The van der Waals surface area contributed by atoms with E-state index in [2.05, 4.69) is 0 Å². The second-order valence-corrected chi connectivity index (χ2v) is 7.86. The van der Waals surface area contributed by atoms with Crippen LogP contribution in [-0.4, -0.2) is 17.9 Å². The van der Waals surface area contributed by atoms with Gasteiger partial charge in [0.25, 0.3) is 5.91 Å². The lowest BCUT2D eigenvalue weighted by molar-refractivity contribution is -0.126. The van der Waals surface area contributed by atoms with Crippen LogP contribution in [0.2, 0.25) is 0 Å². The molecule has 3 aromatic rings. The monoisotopic (exact) mass is 398 g/mol. The summed E-state index contributed by atoms with van der Waals surface area (Å²) in [5.74, 6) is -1.15. The zero-order valence-electron chi connectivity index (χ0n) is 16.9. The van der Waals surface area contributed by atoms with Crippen LogP contribution >= 0.6 is 0 Å². The van der Waals surface area contributed by atoms with Gasteiger partial charge in [-0.3, -0.25) is 14.4 Å². The van der Waals surface area contributed by atoms with Crippen LogP contribution in [-0.2, 0) is 14.4 Å².